The van der Waals surface area contributed by atoms with Crippen LogP contribution in [0, 0.1) is 20.8 Å². The molecule has 0 spiro atoms. The van der Waals surface area contributed by atoms with Gasteiger partial charge in [-0.25, -0.2) is 14.5 Å². The topological polar surface area (TPSA) is 64.8 Å². The number of hydrogen-bond donors (Lipinski definition) is 0. The van der Waals surface area contributed by atoms with Gasteiger partial charge in [-0.15, -0.1) is 0 Å². The second kappa shape index (κ2) is 8.24. The molecule has 5 nitrogen and oxygen atoms in total. The summed E-state index contributed by atoms with van der Waals surface area (Å²) < 4.78 is 1.49. The molecule has 4 rings (SSSR count). The van der Waals surface area contributed by atoms with E-state index in [4.69, 9.17) is 0 Å². The number of pyridine rings is 1. The summed E-state index contributed by atoms with van der Waals surface area (Å²) in [5, 5.41) is 0.972. The smallest absolute Gasteiger partial charge is 0.267 e. The summed E-state index contributed by atoms with van der Waals surface area (Å²) in [7, 11) is 0. The number of aryl methyl sites for hydroxylation is 3. The molecule has 0 atom stereocenters. The molecule has 0 saturated carbocycles. The van der Waals surface area contributed by atoms with Gasteiger partial charge in [-0.05, 0) is 67.8 Å². The van der Waals surface area contributed by atoms with Crippen LogP contribution in [-0.2, 0) is 0 Å². The SMILES string of the molecule is Cc1ccnc(-n2c(SCC(=O)c3ccc(C)c(C)c3)nc3ccccc3c2=O)c1. The van der Waals surface area contributed by atoms with Crippen molar-refractivity contribution in [3.05, 3.63) is 93.4 Å². The second-order valence-electron chi connectivity index (χ2n) is 7.25. The van der Waals surface area contributed by atoms with Gasteiger partial charge in [-0.1, -0.05) is 36.0 Å². The van der Waals surface area contributed by atoms with Crippen LogP contribution in [-0.4, -0.2) is 26.1 Å². The van der Waals surface area contributed by atoms with Crippen LogP contribution in [0.2, 0.25) is 0 Å². The average molecular weight is 416 g/mol. The molecule has 0 N–H and O–H groups in total. The lowest BCUT2D eigenvalue weighted by Gasteiger charge is -2.13. The van der Waals surface area contributed by atoms with Crippen molar-refractivity contribution in [2.24, 2.45) is 0 Å². The predicted octanol–water partition coefficient (Wildman–Crippen LogP) is 4.68. The van der Waals surface area contributed by atoms with E-state index in [1.165, 1.54) is 16.3 Å². The van der Waals surface area contributed by atoms with E-state index in [1.807, 2.05) is 63.2 Å². The molecule has 0 aliphatic carbocycles. The molecule has 0 amide bonds. The predicted molar refractivity (Wildman–Crippen MR) is 121 cm³/mol. The number of carbonyl (C=O) groups is 1. The molecular formula is C24H21N3O2S. The lowest BCUT2D eigenvalue weighted by Crippen LogP contribution is -2.23. The number of benzene rings is 2. The average Bonchev–Trinajstić information content (AvgIpc) is 2.74. The standard InChI is InChI=1S/C24H21N3O2S/c1-15-10-11-25-22(12-15)27-23(29)19-6-4-5-7-20(19)26-24(27)30-14-21(28)18-9-8-16(2)17(3)13-18/h4-13H,14H2,1-3H3. The highest BCUT2D eigenvalue weighted by atomic mass is 32.2. The van der Waals surface area contributed by atoms with E-state index in [2.05, 4.69) is 9.97 Å². The molecule has 2 heterocycles. The number of nitrogens with zero attached hydrogens (tertiary/aromatic N) is 3. The fourth-order valence-corrected chi connectivity index (χ4v) is 4.08. The van der Waals surface area contributed by atoms with Crippen LogP contribution in [0.4, 0.5) is 0 Å². The van der Waals surface area contributed by atoms with E-state index < -0.39 is 0 Å². The van der Waals surface area contributed by atoms with E-state index in [0.29, 0.717) is 27.4 Å². The first-order chi connectivity index (χ1) is 14.4. The molecule has 30 heavy (non-hydrogen) atoms. The Kier molecular flexibility index (Phi) is 5.50. The van der Waals surface area contributed by atoms with Crippen LogP contribution in [0.5, 0.6) is 0 Å². The van der Waals surface area contributed by atoms with Gasteiger partial charge >= 0.3 is 0 Å². The number of fused-ring (bicyclic) bond motifs is 1. The molecule has 150 valence electrons. The number of Topliss-reactive ketones (excluding diaryl/α,β-unsaturated/α-hetero) is 1. The van der Waals surface area contributed by atoms with Crippen molar-refractivity contribution in [2.75, 3.05) is 5.75 Å². The van der Waals surface area contributed by atoms with Gasteiger partial charge in [0.15, 0.2) is 10.9 Å². The number of hydrogen-bond acceptors (Lipinski definition) is 5. The quantitative estimate of drug-likeness (QED) is 0.269. The maximum Gasteiger partial charge on any atom is 0.267 e. The number of rotatable bonds is 5. The Morgan fingerprint density at radius 2 is 1.80 bits per heavy atom. The molecule has 2 aromatic heterocycles. The van der Waals surface area contributed by atoms with Gasteiger partial charge in [0.1, 0.15) is 5.82 Å². The van der Waals surface area contributed by atoms with E-state index >= 15 is 0 Å². The Hall–Kier alpha value is -3.25. The van der Waals surface area contributed by atoms with Crippen LogP contribution in [0.15, 0.2) is 70.7 Å². The molecule has 0 bridgehead atoms. The van der Waals surface area contributed by atoms with E-state index in [9.17, 15) is 9.59 Å². The van der Waals surface area contributed by atoms with Gasteiger partial charge < -0.3 is 0 Å². The minimum atomic E-state index is -0.195. The van der Waals surface area contributed by atoms with Crippen LogP contribution in [0.1, 0.15) is 27.0 Å². The van der Waals surface area contributed by atoms with Gasteiger partial charge in [-0.2, -0.15) is 0 Å². The molecular weight excluding hydrogens is 394 g/mol. The van der Waals surface area contributed by atoms with Gasteiger partial charge in [-0.3, -0.25) is 9.59 Å². The number of ketones is 1. The largest absolute Gasteiger partial charge is 0.293 e. The second-order valence-corrected chi connectivity index (χ2v) is 8.20. The van der Waals surface area contributed by atoms with Gasteiger partial charge in [0.25, 0.3) is 5.56 Å². The minimum Gasteiger partial charge on any atom is -0.293 e. The molecule has 0 saturated heterocycles. The van der Waals surface area contributed by atoms with Gasteiger partial charge in [0.2, 0.25) is 0 Å². The number of para-hydroxylation sites is 1. The van der Waals surface area contributed by atoms with Crippen molar-refractivity contribution in [1.82, 2.24) is 14.5 Å². The zero-order valence-electron chi connectivity index (χ0n) is 17.0. The first-order valence-corrected chi connectivity index (χ1v) is 10.6. The Balaban J connectivity index is 1.75. The zero-order valence-corrected chi connectivity index (χ0v) is 17.9. The minimum absolute atomic E-state index is 0.00532. The molecule has 6 heteroatoms. The van der Waals surface area contributed by atoms with Crippen LogP contribution >= 0.6 is 11.8 Å². The zero-order chi connectivity index (χ0) is 21.3. The van der Waals surface area contributed by atoms with E-state index in [-0.39, 0.29) is 17.1 Å². The van der Waals surface area contributed by atoms with Crippen molar-refractivity contribution in [2.45, 2.75) is 25.9 Å². The Morgan fingerprint density at radius 1 is 1.00 bits per heavy atom. The highest BCUT2D eigenvalue weighted by Crippen LogP contribution is 2.22. The lowest BCUT2D eigenvalue weighted by atomic mass is 10.0. The number of thioether (sulfide) groups is 1. The van der Waals surface area contributed by atoms with Gasteiger partial charge in [0.05, 0.1) is 16.7 Å². The molecule has 4 aromatic rings. The Morgan fingerprint density at radius 3 is 2.57 bits per heavy atom. The molecule has 0 fully saturated rings. The first-order valence-electron chi connectivity index (χ1n) is 9.62. The highest BCUT2D eigenvalue weighted by molar-refractivity contribution is 7.99. The molecule has 0 unspecified atom stereocenters. The van der Waals surface area contributed by atoms with E-state index in [0.717, 1.165) is 16.7 Å². The molecule has 0 aliphatic heterocycles. The first kappa shape index (κ1) is 20.0. The Labute approximate surface area is 178 Å². The van der Waals surface area contributed by atoms with Crippen molar-refractivity contribution in [1.29, 1.82) is 0 Å². The van der Waals surface area contributed by atoms with Crippen LogP contribution in [0.3, 0.4) is 0 Å². The number of carbonyl (C=O) groups excluding carboxylic acids is 1. The number of aromatic nitrogens is 3. The van der Waals surface area contributed by atoms with E-state index in [1.54, 1.807) is 18.3 Å². The third-order valence-electron chi connectivity index (χ3n) is 5.04. The summed E-state index contributed by atoms with van der Waals surface area (Å²) in [4.78, 5) is 35.1. The van der Waals surface area contributed by atoms with Crippen molar-refractivity contribution in [3.8, 4) is 5.82 Å². The maximum absolute atomic E-state index is 13.2. The lowest BCUT2D eigenvalue weighted by molar-refractivity contribution is 0.102. The van der Waals surface area contributed by atoms with Crippen molar-refractivity contribution in [3.63, 3.8) is 0 Å². The normalized spacial score (nSPS) is 11.0. The monoisotopic (exact) mass is 415 g/mol. The third-order valence-corrected chi connectivity index (χ3v) is 5.97. The van der Waals surface area contributed by atoms with Crippen molar-refractivity contribution < 1.29 is 4.79 Å². The fraction of sp³-hybridized carbons (Fsp3) is 0.167. The van der Waals surface area contributed by atoms with Gasteiger partial charge in [0, 0.05) is 11.8 Å². The molecule has 0 aliphatic rings. The fourth-order valence-electron chi connectivity index (χ4n) is 3.18. The van der Waals surface area contributed by atoms with Crippen LogP contribution < -0.4 is 5.56 Å². The van der Waals surface area contributed by atoms with Crippen LogP contribution in [0.25, 0.3) is 16.7 Å². The Bertz CT molecular complexity index is 1330. The summed E-state index contributed by atoms with van der Waals surface area (Å²) in [5.41, 5.74) is 4.29. The highest BCUT2D eigenvalue weighted by Gasteiger charge is 2.16. The summed E-state index contributed by atoms with van der Waals surface area (Å²) in [6, 6.07) is 16.6. The molecule has 0 radical (unpaired) electrons. The third kappa shape index (κ3) is 3.91. The van der Waals surface area contributed by atoms with Crippen molar-refractivity contribution >= 4 is 28.4 Å². The summed E-state index contributed by atoms with van der Waals surface area (Å²) >= 11 is 1.25. The maximum atomic E-state index is 13.2. The summed E-state index contributed by atoms with van der Waals surface area (Å²) in [6.45, 7) is 5.96. The molecule has 2 aromatic carbocycles. The summed E-state index contributed by atoms with van der Waals surface area (Å²) in [6.07, 6.45) is 1.67. The summed E-state index contributed by atoms with van der Waals surface area (Å²) in [5.74, 6) is 0.674.